The van der Waals surface area contributed by atoms with Gasteiger partial charge >= 0.3 is 0 Å². The Hall–Kier alpha value is -3.36. The van der Waals surface area contributed by atoms with Crippen LogP contribution >= 0.6 is 0 Å². The molecule has 1 saturated heterocycles. The predicted molar refractivity (Wildman–Crippen MR) is 136 cm³/mol. The van der Waals surface area contributed by atoms with Crippen LogP contribution in [-0.4, -0.2) is 84.8 Å². The average Bonchev–Trinajstić information content (AvgIpc) is 3.12. The van der Waals surface area contributed by atoms with Crippen LogP contribution in [0.1, 0.15) is 34.1 Å². The Labute approximate surface area is 208 Å². The molecule has 35 heavy (non-hydrogen) atoms. The number of carbonyl (C=O) groups excluding carboxylic acids is 2. The first kappa shape index (κ1) is 26.2. The van der Waals surface area contributed by atoms with Gasteiger partial charge < -0.3 is 24.2 Å². The van der Waals surface area contributed by atoms with Crippen molar-refractivity contribution in [3.63, 3.8) is 0 Å². The Bertz CT molecular complexity index is 1010. The molecule has 0 spiro atoms. The molecule has 3 rings (SSSR count). The van der Waals surface area contributed by atoms with Crippen LogP contribution in [0.2, 0.25) is 0 Å². The Morgan fingerprint density at radius 3 is 2.34 bits per heavy atom. The first-order valence-corrected chi connectivity index (χ1v) is 12.1. The number of anilines is 1. The minimum atomic E-state index is -0.135. The second-order valence-electron chi connectivity index (χ2n) is 9.28. The number of hydrogen-bond acceptors (Lipinski definition) is 7. The van der Waals surface area contributed by atoms with Gasteiger partial charge in [-0.05, 0) is 44.5 Å². The Balaban J connectivity index is 1.65. The van der Waals surface area contributed by atoms with Crippen molar-refractivity contribution in [2.24, 2.45) is 5.92 Å². The predicted octanol–water partition coefficient (Wildman–Crippen LogP) is 3.09. The zero-order valence-corrected chi connectivity index (χ0v) is 21.7. The van der Waals surface area contributed by atoms with Gasteiger partial charge in [-0.25, -0.2) is 0 Å². The maximum atomic E-state index is 13.0. The zero-order chi connectivity index (χ0) is 25.5. The van der Waals surface area contributed by atoms with Crippen molar-refractivity contribution in [1.82, 2.24) is 20.0 Å². The quantitative estimate of drug-likeness (QED) is 0.570. The number of benzene rings is 1. The number of nitrogens with zero attached hydrogens (tertiary/aromatic N) is 5. The summed E-state index contributed by atoms with van der Waals surface area (Å²) in [6, 6.07) is 9.45. The van der Waals surface area contributed by atoms with Gasteiger partial charge in [-0.2, -0.15) is 0 Å². The number of methoxy groups -OCH3 is 2. The molecule has 2 heterocycles. The highest BCUT2D eigenvalue weighted by Crippen LogP contribution is 2.32. The molecule has 1 aromatic heterocycles. The summed E-state index contributed by atoms with van der Waals surface area (Å²) in [4.78, 5) is 31.2. The number of hydrogen-bond donors (Lipinski definition) is 0. The van der Waals surface area contributed by atoms with Gasteiger partial charge in [0.15, 0.2) is 5.82 Å². The Kier molecular flexibility index (Phi) is 8.89. The molecule has 1 aliphatic rings. The third kappa shape index (κ3) is 6.41. The highest BCUT2D eigenvalue weighted by Gasteiger charge is 2.26. The van der Waals surface area contributed by atoms with Gasteiger partial charge in [0.1, 0.15) is 11.5 Å². The van der Waals surface area contributed by atoms with Crippen molar-refractivity contribution < 1.29 is 19.1 Å². The van der Waals surface area contributed by atoms with E-state index in [9.17, 15) is 9.59 Å². The molecule has 0 radical (unpaired) electrons. The van der Waals surface area contributed by atoms with Gasteiger partial charge in [0.2, 0.25) is 11.8 Å². The fourth-order valence-electron chi connectivity index (χ4n) is 4.14. The van der Waals surface area contributed by atoms with Gasteiger partial charge in [0.25, 0.3) is 0 Å². The molecule has 0 bridgehead atoms. The van der Waals surface area contributed by atoms with E-state index < -0.39 is 0 Å². The van der Waals surface area contributed by atoms with Crippen LogP contribution in [0.15, 0.2) is 30.3 Å². The number of carbonyl (C=O) groups is 2. The lowest BCUT2D eigenvalue weighted by Crippen LogP contribution is -2.48. The van der Waals surface area contributed by atoms with Crippen LogP contribution in [-0.2, 0) is 9.59 Å². The molecule has 2 amide bonds. The number of rotatable bonds is 8. The van der Waals surface area contributed by atoms with E-state index in [1.165, 1.54) is 0 Å². The van der Waals surface area contributed by atoms with E-state index >= 15 is 0 Å². The summed E-state index contributed by atoms with van der Waals surface area (Å²) >= 11 is 0. The largest absolute Gasteiger partial charge is 0.497 e. The van der Waals surface area contributed by atoms with Gasteiger partial charge in [-0.1, -0.05) is 13.8 Å². The lowest BCUT2D eigenvalue weighted by molar-refractivity contribution is -0.143. The number of amides is 2. The molecule has 0 unspecified atom stereocenters. The third-order valence-electron chi connectivity index (χ3n) is 6.21. The van der Waals surface area contributed by atoms with Crippen LogP contribution in [0.3, 0.4) is 0 Å². The third-order valence-corrected chi connectivity index (χ3v) is 6.21. The van der Waals surface area contributed by atoms with Crippen LogP contribution in [0.5, 0.6) is 11.5 Å². The second-order valence-corrected chi connectivity index (χ2v) is 9.28. The summed E-state index contributed by atoms with van der Waals surface area (Å²) in [5, 5.41) is 8.89. The summed E-state index contributed by atoms with van der Waals surface area (Å²) in [6.07, 6.45) is 0.821. The molecule has 1 aliphatic heterocycles. The minimum Gasteiger partial charge on any atom is -0.497 e. The molecule has 9 nitrogen and oxygen atoms in total. The summed E-state index contributed by atoms with van der Waals surface area (Å²) in [5.41, 5.74) is 1.55. The maximum absolute atomic E-state index is 13.0. The van der Waals surface area contributed by atoms with Crippen molar-refractivity contribution in [1.29, 1.82) is 0 Å². The maximum Gasteiger partial charge on any atom is 0.242 e. The highest BCUT2D eigenvalue weighted by atomic mass is 16.5. The van der Waals surface area contributed by atoms with E-state index in [-0.39, 0.29) is 30.3 Å². The topological polar surface area (TPSA) is 88.1 Å². The molecule has 1 aromatic carbocycles. The molecule has 2 aromatic rings. The van der Waals surface area contributed by atoms with Crippen LogP contribution in [0.4, 0.5) is 5.82 Å². The molecular weight excluding hydrogens is 446 g/mol. The van der Waals surface area contributed by atoms with Crippen LogP contribution < -0.4 is 14.4 Å². The van der Waals surface area contributed by atoms with Gasteiger partial charge in [0, 0.05) is 49.8 Å². The summed E-state index contributed by atoms with van der Waals surface area (Å²) in [6.45, 7) is 10.4. The van der Waals surface area contributed by atoms with Crippen LogP contribution in [0.25, 0.3) is 11.3 Å². The standard InChI is InChI=1S/C26H37N5O4/c1-18(2)26(33)31(19(3)4)17-25(32)30-13-7-12-29(14-15-30)24-11-10-22(27-28-24)21-9-8-20(34-5)16-23(21)35-6/h8-11,16,18-19H,7,12-15,17H2,1-6H3. The molecular formula is C26H37N5O4. The first-order valence-electron chi connectivity index (χ1n) is 12.1. The van der Waals surface area contributed by atoms with Crippen molar-refractivity contribution in [2.45, 2.75) is 40.2 Å². The average molecular weight is 484 g/mol. The molecule has 0 saturated carbocycles. The van der Waals surface area contributed by atoms with E-state index in [1.54, 1.807) is 19.1 Å². The molecule has 0 N–H and O–H groups in total. The SMILES string of the molecule is COc1ccc(-c2ccc(N3CCCN(C(=O)CN(C(=O)C(C)C)C(C)C)CC3)nn2)c(OC)c1. The molecule has 0 aliphatic carbocycles. The lowest BCUT2D eigenvalue weighted by atomic mass is 10.1. The van der Waals surface area contributed by atoms with E-state index in [0.717, 1.165) is 24.3 Å². The van der Waals surface area contributed by atoms with Gasteiger partial charge in [-0.3, -0.25) is 9.59 Å². The summed E-state index contributed by atoms with van der Waals surface area (Å²) < 4.78 is 10.8. The van der Waals surface area contributed by atoms with Gasteiger partial charge in [-0.15, -0.1) is 10.2 Å². The van der Waals surface area contributed by atoms with Crippen molar-refractivity contribution >= 4 is 17.6 Å². The van der Waals surface area contributed by atoms with E-state index in [4.69, 9.17) is 9.47 Å². The van der Waals surface area contributed by atoms with E-state index in [1.807, 2.05) is 62.9 Å². The molecule has 0 atom stereocenters. The monoisotopic (exact) mass is 483 g/mol. The van der Waals surface area contributed by atoms with Crippen LogP contribution in [0, 0.1) is 5.92 Å². The Morgan fingerprint density at radius 2 is 1.74 bits per heavy atom. The smallest absolute Gasteiger partial charge is 0.242 e. The lowest BCUT2D eigenvalue weighted by Gasteiger charge is -2.30. The molecule has 190 valence electrons. The normalized spacial score (nSPS) is 14.2. The fourth-order valence-corrected chi connectivity index (χ4v) is 4.14. The summed E-state index contributed by atoms with van der Waals surface area (Å²) in [5.74, 6) is 2.01. The molecule has 1 fully saturated rings. The van der Waals surface area contributed by atoms with Crippen molar-refractivity contribution in [2.75, 3.05) is 51.8 Å². The van der Waals surface area contributed by atoms with Crippen molar-refractivity contribution in [3.05, 3.63) is 30.3 Å². The zero-order valence-electron chi connectivity index (χ0n) is 21.7. The minimum absolute atomic E-state index is 0.00801. The van der Waals surface area contributed by atoms with Crippen molar-refractivity contribution in [3.8, 4) is 22.8 Å². The molecule has 9 heteroatoms. The number of aromatic nitrogens is 2. The number of ether oxygens (including phenoxy) is 2. The first-order chi connectivity index (χ1) is 16.7. The van der Waals surface area contributed by atoms with E-state index in [2.05, 4.69) is 15.1 Å². The summed E-state index contributed by atoms with van der Waals surface area (Å²) in [7, 11) is 3.23. The highest BCUT2D eigenvalue weighted by molar-refractivity contribution is 5.86. The fraction of sp³-hybridized carbons (Fsp3) is 0.538. The Morgan fingerprint density at radius 1 is 0.971 bits per heavy atom. The van der Waals surface area contributed by atoms with E-state index in [0.29, 0.717) is 36.8 Å². The van der Waals surface area contributed by atoms with Gasteiger partial charge in [0.05, 0.1) is 26.5 Å². The second kappa shape index (κ2) is 11.9.